The number of pyridine rings is 1. The van der Waals surface area contributed by atoms with Gasteiger partial charge in [0.15, 0.2) is 0 Å². The zero-order chi connectivity index (χ0) is 18.7. The van der Waals surface area contributed by atoms with Gasteiger partial charge in [0, 0.05) is 24.8 Å². The smallest absolute Gasteiger partial charge is 0.256 e. The fraction of sp³-hybridized carbons (Fsp3) is 0.333. The molecule has 2 aromatic rings. The summed E-state index contributed by atoms with van der Waals surface area (Å²) in [5.41, 5.74) is 0.360. The first-order chi connectivity index (χ1) is 12.4. The second-order valence-corrected chi connectivity index (χ2v) is 8.21. The molecule has 0 unspecified atom stereocenters. The Morgan fingerprint density at radius 2 is 1.77 bits per heavy atom. The molecule has 0 saturated carbocycles. The number of hydrogen-bond acceptors (Lipinski definition) is 5. The van der Waals surface area contributed by atoms with Gasteiger partial charge in [0.1, 0.15) is 5.82 Å². The maximum Gasteiger partial charge on any atom is 0.256 e. The molecule has 26 heavy (non-hydrogen) atoms. The molecule has 1 amide bonds. The molecule has 1 saturated heterocycles. The van der Waals surface area contributed by atoms with Gasteiger partial charge in [-0.15, -0.1) is 0 Å². The summed E-state index contributed by atoms with van der Waals surface area (Å²) in [6.07, 6.45) is 1.27. The van der Waals surface area contributed by atoms with Crippen molar-refractivity contribution in [2.24, 2.45) is 0 Å². The summed E-state index contributed by atoms with van der Waals surface area (Å²) in [6, 6.07) is 11.1. The lowest BCUT2D eigenvalue weighted by Gasteiger charge is -2.34. The summed E-state index contributed by atoms with van der Waals surface area (Å²) in [7, 11) is -3.62. The highest BCUT2D eigenvalue weighted by Gasteiger charge is 2.32. The van der Waals surface area contributed by atoms with E-state index in [1.54, 1.807) is 24.4 Å². The predicted molar refractivity (Wildman–Crippen MR) is 97.4 cm³/mol. The lowest BCUT2D eigenvalue weighted by molar-refractivity contribution is -0.0440. The number of benzene rings is 1. The lowest BCUT2D eigenvalue weighted by Crippen LogP contribution is -2.48. The Morgan fingerprint density at radius 3 is 2.35 bits per heavy atom. The van der Waals surface area contributed by atoms with E-state index in [0.29, 0.717) is 24.5 Å². The molecule has 3 rings (SSSR count). The molecule has 1 N–H and O–H groups in total. The van der Waals surface area contributed by atoms with Crippen LogP contribution < -0.4 is 5.32 Å². The van der Waals surface area contributed by atoms with Crippen molar-refractivity contribution in [3.8, 4) is 0 Å². The van der Waals surface area contributed by atoms with E-state index in [-0.39, 0.29) is 23.0 Å². The van der Waals surface area contributed by atoms with Crippen LogP contribution in [0.5, 0.6) is 0 Å². The van der Waals surface area contributed by atoms with E-state index in [1.807, 2.05) is 13.8 Å². The van der Waals surface area contributed by atoms with E-state index in [9.17, 15) is 13.2 Å². The fourth-order valence-electron chi connectivity index (χ4n) is 2.88. The number of ether oxygens (including phenoxy) is 1. The number of morpholine rings is 1. The molecule has 1 aromatic carbocycles. The third-order valence-corrected chi connectivity index (χ3v) is 5.89. The zero-order valence-electron chi connectivity index (χ0n) is 14.6. The van der Waals surface area contributed by atoms with E-state index in [2.05, 4.69) is 10.3 Å². The largest absolute Gasteiger partial charge is 0.373 e. The first-order valence-corrected chi connectivity index (χ1v) is 9.78. The first-order valence-electron chi connectivity index (χ1n) is 8.34. The molecule has 1 fully saturated rings. The van der Waals surface area contributed by atoms with Crippen molar-refractivity contribution in [1.29, 1.82) is 0 Å². The maximum absolute atomic E-state index is 12.8. The van der Waals surface area contributed by atoms with E-state index >= 15 is 0 Å². The Morgan fingerprint density at radius 1 is 1.12 bits per heavy atom. The summed E-state index contributed by atoms with van der Waals surface area (Å²) in [6.45, 7) is 4.33. The predicted octanol–water partition coefficient (Wildman–Crippen LogP) is 2.13. The minimum atomic E-state index is -3.62. The van der Waals surface area contributed by atoms with Crippen LogP contribution in [-0.4, -0.2) is 48.9 Å². The van der Waals surface area contributed by atoms with Crippen LogP contribution >= 0.6 is 0 Å². The van der Waals surface area contributed by atoms with Crippen LogP contribution in [0.4, 0.5) is 5.82 Å². The molecule has 0 bridgehead atoms. The molecule has 1 aromatic heterocycles. The van der Waals surface area contributed by atoms with Gasteiger partial charge in [0.2, 0.25) is 10.0 Å². The number of hydrogen-bond donors (Lipinski definition) is 1. The van der Waals surface area contributed by atoms with Gasteiger partial charge in [-0.05, 0) is 50.2 Å². The molecule has 138 valence electrons. The third kappa shape index (κ3) is 4.09. The molecular weight excluding hydrogens is 354 g/mol. The second-order valence-electron chi connectivity index (χ2n) is 6.27. The lowest BCUT2D eigenvalue weighted by atomic mass is 10.2. The standard InChI is InChI=1S/C18H21N3O4S/c1-13-11-21(12-14(2)25-13)26(23,24)16-8-6-15(7-9-16)18(22)20-17-5-3-4-10-19-17/h3-10,13-14H,11-12H2,1-2H3,(H,19,20,22)/t13-,14-/m1/s1. The second kappa shape index (κ2) is 7.53. The van der Waals surface area contributed by atoms with Crippen molar-refractivity contribution in [3.05, 3.63) is 54.2 Å². The van der Waals surface area contributed by atoms with Gasteiger partial charge in [-0.1, -0.05) is 6.07 Å². The average Bonchev–Trinajstić information content (AvgIpc) is 2.62. The number of amides is 1. The van der Waals surface area contributed by atoms with E-state index in [4.69, 9.17) is 4.74 Å². The highest BCUT2D eigenvalue weighted by atomic mass is 32.2. The van der Waals surface area contributed by atoms with Gasteiger partial charge >= 0.3 is 0 Å². The molecule has 0 aliphatic carbocycles. The van der Waals surface area contributed by atoms with Crippen molar-refractivity contribution in [2.45, 2.75) is 31.0 Å². The molecule has 0 spiro atoms. The van der Waals surface area contributed by atoms with Crippen LogP contribution in [0.1, 0.15) is 24.2 Å². The Balaban J connectivity index is 1.75. The third-order valence-electron chi connectivity index (χ3n) is 4.05. The summed E-state index contributed by atoms with van der Waals surface area (Å²) >= 11 is 0. The Labute approximate surface area is 153 Å². The molecule has 0 radical (unpaired) electrons. The molecule has 1 aliphatic rings. The highest BCUT2D eigenvalue weighted by molar-refractivity contribution is 7.89. The molecule has 7 nitrogen and oxygen atoms in total. The minimum absolute atomic E-state index is 0.156. The number of carbonyl (C=O) groups is 1. The quantitative estimate of drug-likeness (QED) is 0.884. The summed E-state index contributed by atoms with van der Waals surface area (Å²) < 4.78 is 32.6. The van der Waals surface area contributed by atoms with E-state index in [1.165, 1.54) is 28.6 Å². The molecular formula is C18H21N3O4S. The summed E-state index contributed by atoms with van der Waals surface area (Å²) in [4.78, 5) is 16.4. The maximum atomic E-state index is 12.8. The van der Waals surface area contributed by atoms with Crippen LogP contribution in [0.25, 0.3) is 0 Å². The molecule has 2 atom stereocenters. The first kappa shape index (κ1) is 18.5. The number of nitrogens with zero attached hydrogens (tertiary/aromatic N) is 2. The number of sulfonamides is 1. The van der Waals surface area contributed by atoms with Crippen molar-refractivity contribution in [3.63, 3.8) is 0 Å². The normalized spacial score (nSPS) is 21.3. The van der Waals surface area contributed by atoms with Crippen LogP contribution in [0.15, 0.2) is 53.6 Å². The number of aromatic nitrogens is 1. The zero-order valence-corrected chi connectivity index (χ0v) is 15.4. The van der Waals surface area contributed by atoms with Crippen molar-refractivity contribution in [2.75, 3.05) is 18.4 Å². The number of carbonyl (C=O) groups excluding carboxylic acids is 1. The Bertz CT molecular complexity index is 859. The van der Waals surface area contributed by atoms with Crippen molar-refractivity contribution in [1.82, 2.24) is 9.29 Å². The van der Waals surface area contributed by atoms with Crippen LogP contribution in [0.2, 0.25) is 0 Å². The minimum Gasteiger partial charge on any atom is -0.373 e. The highest BCUT2D eigenvalue weighted by Crippen LogP contribution is 2.21. The van der Waals surface area contributed by atoms with Gasteiger partial charge in [0.05, 0.1) is 17.1 Å². The van der Waals surface area contributed by atoms with E-state index in [0.717, 1.165) is 0 Å². The Kier molecular flexibility index (Phi) is 5.36. The van der Waals surface area contributed by atoms with Gasteiger partial charge in [0.25, 0.3) is 5.91 Å². The summed E-state index contributed by atoms with van der Waals surface area (Å²) in [5, 5.41) is 2.66. The topological polar surface area (TPSA) is 88.6 Å². The molecule has 1 aliphatic heterocycles. The van der Waals surface area contributed by atoms with Crippen LogP contribution in [-0.2, 0) is 14.8 Å². The van der Waals surface area contributed by atoms with Crippen molar-refractivity contribution >= 4 is 21.7 Å². The number of anilines is 1. The van der Waals surface area contributed by atoms with Crippen LogP contribution in [0, 0.1) is 0 Å². The van der Waals surface area contributed by atoms with Crippen LogP contribution in [0.3, 0.4) is 0 Å². The van der Waals surface area contributed by atoms with Gasteiger partial charge in [-0.2, -0.15) is 4.31 Å². The van der Waals surface area contributed by atoms with Gasteiger partial charge < -0.3 is 10.1 Å². The molecule has 8 heteroatoms. The van der Waals surface area contributed by atoms with E-state index < -0.39 is 10.0 Å². The summed E-state index contributed by atoms with van der Waals surface area (Å²) in [5.74, 6) is 0.0896. The number of rotatable bonds is 4. The Hall–Kier alpha value is -2.29. The van der Waals surface area contributed by atoms with Crippen molar-refractivity contribution < 1.29 is 17.9 Å². The van der Waals surface area contributed by atoms with Gasteiger partial charge in [-0.3, -0.25) is 4.79 Å². The number of nitrogens with one attached hydrogen (secondary N) is 1. The monoisotopic (exact) mass is 375 g/mol. The fourth-order valence-corrected chi connectivity index (χ4v) is 4.47. The molecule has 2 heterocycles. The average molecular weight is 375 g/mol. The van der Waals surface area contributed by atoms with Gasteiger partial charge in [-0.25, -0.2) is 13.4 Å². The SMILES string of the molecule is C[C@@H]1CN(S(=O)(=O)c2ccc(C(=O)Nc3ccccn3)cc2)C[C@@H](C)O1.